The molecule has 0 amide bonds. The molecule has 1 aromatic heterocycles. The zero-order valence-electron chi connectivity index (χ0n) is 11.8. The molecule has 2 heterocycles. The molecule has 112 valence electrons. The van der Waals surface area contributed by atoms with Crippen LogP contribution in [0, 0.1) is 0 Å². The predicted octanol–water partition coefficient (Wildman–Crippen LogP) is 1.26. The fourth-order valence-corrected chi connectivity index (χ4v) is 1.84. The zero-order valence-corrected chi connectivity index (χ0v) is 11.8. The van der Waals surface area contributed by atoms with E-state index < -0.39 is 12.1 Å². The van der Waals surface area contributed by atoms with Crippen LogP contribution < -0.4 is 0 Å². The maximum absolute atomic E-state index is 11.7. The quantitative estimate of drug-likeness (QED) is 0.697. The second-order valence-electron chi connectivity index (χ2n) is 4.66. The van der Waals surface area contributed by atoms with Crippen LogP contribution in [0.3, 0.4) is 0 Å². The van der Waals surface area contributed by atoms with Gasteiger partial charge in [0.15, 0.2) is 12.7 Å². The van der Waals surface area contributed by atoms with Gasteiger partial charge in [0.25, 0.3) is 5.89 Å². The van der Waals surface area contributed by atoms with E-state index in [0.717, 1.165) is 19.4 Å². The Morgan fingerprint density at radius 1 is 1.45 bits per heavy atom. The molecular formula is C13H20N2O5. The van der Waals surface area contributed by atoms with Crippen LogP contribution in [0.2, 0.25) is 0 Å². The van der Waals surface area contributed by atoms with E-state index in [4.69, 9.17) is 18.6 Å². The summed E-state index contributed by atoms with van der Waals surface area (Å²) in [5.41, 5.74) is 0. The largest absolute Gasteiger partial charge is 0.454 e. The van der Waals surface area contributed by atoms with Gasteiger partial charge in [0.1, 0.15) is 0 Å². The Balaban J connectivity index is 1.67. The van der Waals surface area contributed by atoms with Crippen LogP contribution in [0.15, 0.2) is 4.42 Å². The van der Waals surface area contributed by atoms with Crippen LogP contribution in [0.25, 0.3) is 0 Å². The van der Waals surface area contributed by atoms with Gasteiger partial charge in [-0.05, 0) is 19.8 Å². The van der Waals surface area contributed by atoms with Crippen LogP contribution >= 0.6 is 0 Å². The number of esters is 1. The molecule has 7 heteroatoms. The molecule has 0 N–H and O–H groups in total. The lowest BCUT2D eigenvalue weighted by atomic mass is 10.2. The minimum atomic E-state index is -0.632. The highest BCUT2D eigenvalue weighted by atomic mass is 16.6. The van der Waals surface area contributed by atoms with Crippen molar-refractivity contribution in [2.75, 3.05) is 13.2 Å². The summed E-state index contributed by atoms with van der Waals surface area (Å²) in [6.45, 7) is 4.72. The summed E-state index contributed by atoms with van der Waals surface area (Å²) in [5.74, 6) is 0.375. The molecular weight excluding hydrogens is 264 g/mol. The summed E-state index contributed by atoms with van der Waals surface area (Å²) in [7, 11) is 0. The van der Waals surface area contributed by atoms with E-state index in [2.05, 4.69) is 10.2 Å². The average molecular weight is 284 g/mol. The number of carbonyl (C=O) groups is 1. The Morgan fingerprint density at radius 2 is 2.25 bits per heavy atom. The summed E-state index contributed by atoms with van der Waals surface area (Å²) in [4.78, 5) is 11.7. The molecule has 1 aromatic rings. The van der Waals surface area contributed by atoms with Crippen molar-refractivity contribution in [3.05, 3.63) is 11.8 Å². The maximum Gasteiger partial charge on any atom is 0.335 e. The van der Waals surface area contributed by atoms with Crippen molar-refractivity contribution in [1.29, 1.82) is 0 Å². The van der Waals surface area contributed by atoms with Crippen LogP contribution in [0.4, 0.5) is 0 Å². The van der Waals surface area contributed by atoms with Crippen molar-refractivity contribution in [2.24, 2.45) is 0 Å². The van der Waals surface area contributed by atoms with Gasteiger partial charge in [-0.1, -0.05) is 6.92 Å². The summed E-state index contributed by atoms with van der Waals surface area (Å²) in [6, 6.07) is 0. The number of hydrogen-bond acceptors (Lipinski definition) is 7. The van der Waals surface area contributed by atoms with Gasteiger partial charge in [-0.25, -0.2) is 4.79 Å². The number of rotatable bonds is 7. The van der Waals surface area contributed by atoms with E-state index in [9.17, 15) is 4.79 Å². The van der Waals surface area contributed by atoms with Crippen LogP contribution in [0.5, 0.6) is 0 Å². The van der Waals surface area contributed by atoms with Crippen LogP contribution in [-0.2, 0) is 32.0 Å². The molecule has 0 bridgehead atoms. The average Bonchev–Trinajstić information content (AvgIpc) is 3.13. The highest BCUT2D eigenvalue weighted by Crippen LogP contribution is 2.13. The fraction of sp³-hybridized carbons (Fsp3) is 0.769. The Labute approximate surface area is 117 Å². The third-order valence-electron chi connectivity index (χ3n) is 3.04. The first-order chi connectivity index (χ1) is 9.69. The third-order valence-corrected chi connectivity index (χ3v) is 3.04. The molecule has 1 aliphatic rings. The standard InChI is InChI=1S/C13H20N2O5/c1-3-11-14-15-12(20-11)8-19-13(16)9(2)18-7-10-5-4-6-17-10/h9-10H,3-8H2,1-2H3. The zero-order chi connectivity index (χ0) is 14.4. The van der Waals surface area contributed by atoms with Gasteiger partial charge < -0.3 is 18.6 Å². The number of nitrogens with zero attached hydrogens (tertiary/aromatic N) is 2. The smallest absolute Gasteiger partial charge is 0.335 e. The molecule has 7 nitrogen and oxygen atoms in total. The Hall–Kier alpha value is -1.47. The molecule has 1 aliphatic heterocycles. The summed E-state index contributed by atoms with van der Waals surface area (Å²) in [5, 5.41) is 7.56. The molecule has 0 saturated carbocycles. The molecule has 0 aliphatic carbocycles. The van der Waals surface area contributed by atoms with Crippen LogP contribution in [0.1, 0.15) is 38.5 Å². The topological polar surface area (TPSA) is 83.7 Å². The molecule has 1 saturated heterocycles. The van der Waals surface area contributed by atoms with Gasteiger partial charge in [-0.2, -0.15) is 0 Å². The van der Waals surface area contributed by atoms with Crippen molar-refractivity contribution in [1.82, 2.24) is 10.2 Å². The number of carbonyl (C=O) groups excluding carboxylic acids is 1. The molecule has 2 atom stereocenters. The molecule has 1 fully saturated rings. The predicted molar refractivity (Wildman–Crippen MR) is 67.9 cm³/mol. The number of ether oxygens (including phenoxy) is 3. The van der Waals surface area contributed by atoms with Gasteiger partial charge in [0.05, 0.1) is 12.7 Å². The highest BCUT2D eigenvalue weighted by Gasteiger charge is 2.21. The minimum absolute atomic E-state index is 0.0283. The monoisotopic (exact) mass is 284 g/mol. The van der Waals surface area contributed by atoms with Gasteiger partial charge in [-0.3, -0.25) is 0 Å². The summed E-state index contributed by atoms with van der Waals surface area (Å²) in [6.07, 6.45) is 2.14. The van der Waals surface area contributed by atoms with E-state index in [1.807, 2.05) is 6.92 Å². The van der Waals surface area contributed by atoms with Crippen LogP contribution in [-0.4, -0.2) is 41.6 Å². The van der Waals surface area contributed by atoms with Gasteiger partial charge >= 0.3 is 5.97 Å². The maximum atomic E-state index is 11.7. The summed E-state index contributed by atoms with van der Waals surface area (Å²) >= 11 is 0. The molecule has 2 rings (SSSR count). The first kappa shape index (κ1) is 14.9. The molecule has 0 radical (unpaired) electrons. The Bertz CT molecular complexity index is 428. The number of hydrogen-bond donors (Lipinski definition) is 0. The summed E-state index contributed by atoms with van der Waals surface area (Å²) < 4.78 is 21.2. The minimum Gasteiger partial charge on any atom is -0.454 e. The van der Waals surface area contributed by atoms with E-state index >= 15 is 0 Å². The van der Waals surface area contributed by atoms with Crippen molar-refractivity contribution in [2.45, 2.75) is 51.9 Å². The number of aryl methyl sites for hydroxylation is 1. The van der Waals surface area contributed by atoms with Crippen molar-refractivity contribution in [3.8, 4) is 0 Å². The van der Waals surface area contributed by atoms with Gasteiger partial charge in [0, 0.05) is 13.0 Å². The molecule has 20 heavy (non-hydrogen) atoms. The van der Waals surface area contributed by atoms with Crippen molar-refractivity contribution in [3.63, 3.8) is 0 Å². The fourth-order valence-electron chi connectivity index (χ4n) is 1.84. The van der Waals surface area contributed by atoms with Gasteiger partial charge in [-0.15, -0.1) is 10.2 Å². The normalized spacial score (nSPS) is 20.0. The molecule has 2 unspecified atom stereocenters. The highest BCUT2D eigenvalue weighted by molar-refractivity contribution is 5.74. The number of aromatic nitrogens is 2. The first-order valence-corrected chi connectivity index (χ1v) is 6.90. The second-order valence-corrected chi connectivity index (χ2v) is 4.66. The second kappa shape index (κ2) is 7.35. The van der Waals surface area contributed by atoms with Crippen molar-refractivity contribution < 1.29 is 23.4 Å². The SMILES string of the molecule is CCc1nnc(COC(=O)C(C)OCC2CCCO2)o1. The van der Waals surface area contributed by atoms with E-state index in [0.29, 0.717) is 24.8 Å². The Morgan fingerprint density at radius 3 is 2.90 bits per heavy atom. The first-order valence-electron chi connectivity index (χ1n) is 6.90. The lowest BCUT2D eigenvalue weighted by Gasteiger charge is -2.14. The van der Waals surface area contributed by atoms with E-state index in [-0.39, 0.29) is 12.7 Å². The Kier molecular flexibility index (Phi) is 5.49. The van der Waals surface area contributed by atoms with Gasteiger partial charge in [0.2, 0.25) is 5.89 Å². The lowest BCUT2D eigenvalue weighted by Crippen LogP contribution is -2.27. The molecule has 0 aromatic carbocycles. The van der Waals surface area contributed by atoms with E-state index in [1.54, 1.807) is 6.92 Å². The molecule has 0 spiro atoms. The van der Waals surface area contributed by atoms with E-state index in [1.165, 1.54) is 0 Å². The lowest BCUT2D eigenvalue weighted by molar-refractivity contribution is -0.159. The van der Waals surface area contributed by atoms with Crippen molar-refractivity contribution >= 4 is 5.97 Å². The third kappa shape index (κ3) is 4.28.